The lowest BCUT2D eigenvalue weighted by Gasteiger charge is -2.08. The van der Waals surface area contributed by atoms with Crippen molar-refractivity contribution in [3.63, 3.8) is 0 Å². The van der Waals surface area contributed by atoms with Gasteiger partial charge in [-0.3, -0.25) is 4.98 Å². The minimum absolute atomic E-state index is 1.04. The molecule has 0 N–H and O–H groups in total. The molecule has 0 fully saturated rings. The monoisotopic (exact) mass is 297 g/mol. The quantitative estimate of drug-likeness (QED) is 0.618. The third kappa shape index (κ3) is 2.04. The smallest absolute Gasteiger partial charge is 0.0712 e. The Balaban J connectivity index is 2.37. The number of pyridine rings is 1. The molecule has 0 saturated heterocycles. The lowest BCUT2D eigenvalue weighted by Crippen LogP contribution is -1.88. The first-order chi connectivity index (χ1) is 8.74. The second-order valence-corrected chi connectivity index (χ2v) is 5.25. The molecule has 0 aliphatic rings. The Hall–Kier alpha value is -1.67. The van der Waals surface area contributed by atoms with Crippen LogP contribution in [0.4, 0.5) is 0 Å². The van der Waals surface area contributed by atoms with E-state index in [1.807, 2.05) is 19.1 Å². The second kappa shape index (κ2) is 4.54. The van der Waals surface area contributed by atoms with Crippen molar-refractivity contribution in [3.8, 4) is 11.1 Å². The molecule has 1 aromatic heterocycles. The molecule has 0 unspecified atom stereocenters. The number of fused-ring (bicyclic) bond motifs is 1. The summed E-state index contributed by atoms with van der Waals surface area (Å²) in [6.07, 6.45) is 0. The zero-order valence-electron chi connectivity index (χ0n) is 10.0. The Morgan fingerprint density at radius 2 is 1.72 bits per heavy atom. The highest BCUT2D eigenvalue weighted by molar-refractivity contribution is 9.10. The SMILES string of the molecule is Cc1cc(-c2ccccc2)c2cc(Br)ccc2n1. The fraction of sp³-hybridized carbons (Fsp3) is 0.0625. The van der Waals surface area contributed by atoms with Gasteiger partial charge in [0.05, 0.1) is 5.52 Å². The molecule has 0 aliphatic carbocycles. The van der Waals surface area contributed by atoms with Gasteiger partial charge in [-0.1, -0.05) is 46.3 Å². The van der Waals surface area contributed by atoms with Crippen molar-refractivity contribution in [2.45, 2.75) is 6.92 Å². The van der Waals surface area contributed by atoms with Crippen molar-refractivity contribution in [1.29, 1.82) is 0 Å². The van der Waals surface area contributed by atoms with Crippen molar-refractivity contribution in [2.24, 2.45) is 0 Å². The van der Waals surface area contributed by atoms with Gasteiger partial charge in [0.2, 0.25) is 0 Å². The molecule has 3 aromatic rings. The minimum atomic E-state index is 1.04. The number of halogens is 1. The van der Waals surface area contributed by atoms with Crippen LogP contribution in [0.15, 0.2) is 59.1 Å². The molecule has 2 aromatic carbocycles. The Morgan fingerprint density at radius 3 is 2.50 bits per heavy atom. The highest BCUT2D eigenvalue weighted by atomic mass is 79.9. The van der Waals surface area contributed by atoms with Crippen LogP contribution >= 0.6 is 15.9 Å². The maximum Gasteiger partial charge on any atom is 0.0712 e. The summed E-state index contributed by atoms with van der Waals surface area (Å²) in [6, 6.07) is 18.8. The molecule has 3 rings (SSSR count). The number of hydrogen-bond donors (Lipinski definition) is 0. The van der Waals surface area contributed by atoms with Gasteiger partial charge in [0.1, 0.15) is 0 Å². The van der Waals surface area contributed by atoms with E-state index in [0.717, 1.165) is 15.7 Å². The van der Waals surface area contributed by atoms with Crippen molar-refractivity contribution in [2.75, 3.05) is 0 Å². The summed E-state index contributed by atoms with van der Waals surface area (Å²) in [6.45, 7) is 2.04. The molecule has 0 atom stereocenters. The van der Waals surface area contributed by atoms with Crippen molar-refractivity contribution < 1.29 is 0 Å². The molecule has 0 saturated carbocycles. The molecule has 0 radical (unpaired) electrons. The minimum Gasteiger partial charge on any atom is -0.253 e. The van der Waals surface area contributed by atoms with Crippen molar-refractivity contribution >= 4 is 26.8 Å². The van der Waals surface area contributed by atoms with Crippen LogP contribution in [0.3, 0.4) is 0 Å². The van der Waals surface area contributed by atoms with Gasteiger partial charge >= 0.3 is 0 Å². The number of aromatic nitrogens is 1. The average molecular weight is 298 g/mol. The van der Waals surface area contributed by atoms with Crippen molar-refractivity contribution in [1.82, 2.24) is 4.98 Å². The van der Waals surface area contributed by atoms with Gasteiger partial charge in [-0.2, -0.15) is 0 Å². The molecule has 18 heavy (non-hydrogen) atoms. The fourth-order valence-electron chi connectivity index (χ4n) is 2.19. The average Bonchev–Trinajstić information content (AvgIpc) is 2.39. The van der Waals surface area contributed by atoms with Crippen LogP contribution in [0.5, 0.6) is 0 Å². The fourth-order valence-corrected chi connectivity index (χ4v) is 2.55. The van der Waals surface area contributed by atoms with Gasteiger partial charge in [0.15, 0.2) is 0 Å². The van der Waals surface area contributed by atoms with E-state index in [1.54, 1.807) is 0 Å². The summed E-state index contributed by atoms with van der Waals surface area (Å²) in [5.74, 6) is 0. The molecular formula is C16H12BrN. The van der Waals surface area contributed by atoms with Gasteiger partial charge < -0.3 is 0 Å². The number of rotatable bonds is 1. The van der Waals surface area contributed by atoms with E-state index in [1.165, 1.54) is 16.5 Å². The third-order valence-electron chi connectivity index (χ3n) is 2.98. The largest absolute Gasteiger partial charge is 0.253 e. The van der Waals surface area contributed by atoms with Gasteiger partial charge in [0, 0.05) is 15.6 Å². The molecule has 0 aliphatic heterocycles. The number of hydrogen-bond acceptors (Lipinski definition) is 1. The van der Waals surface area contributed by atoms with E-state index in [0.29, 0.717) is 0 Å². The highest BCUT2D eigenvalue weighted by Crippen LogP contribution is 2.30. The molecule has 0 amide bonds. The molecule has 2 heteroatoms. The molecule has 0 spiro atoms. The summed E-state index contributed by atoms with van der Waals surface area (Å²) in [4.78, 5) is 4.58. The van der Waals surface area contributed by atoms with Gasteiger partial charge in [-0.25, -0.2) is 0 Å². The first-order valence-electron chi connectivity index (χ1n) is 5.86. The zero-order chi connectivity index (χ0) is 12.5. The van der Waals surface area contributed by atoms with Crippen LogP contribution in [0.1, 0.15) is 5.69 Å². The predicted octanol–water partition coefficient (Wildman–Crippen LogP) is 4.97. The molecule has 88 valence electrons. The number of benzene rings is 2. The van der Waals surface area contributed by atoms with Crippen LogP contribution < -0.4 is 0 Å². The lowest BCUT2D eigenvalue weighted by atomic mass is 10.0. The van der Waals surface area contributed by atoms with Crippen molar-refractivity contribution in [3.05, 3.63) is 64.8 Å². The predicted molar refractivity (Wildman–Crippen MR) is 79.6 cm³/mol. The molecule has 0 bridgehead atoms. The van der Waals surface area contributed by atoms with E-state index in [2.05, 4.69) is 63.4 Å². The summed E-state index contributed by atoms with van der Waals surface area (Å²) >= 11 is 3.53. The van der Waals surface area contributed by atoms with Gasteiger partial charge in [0.25, 0.3) is 0 Å². The van der Waals surface area contributed by atoms with Gasteiger partial charge in [-0.05, 0) is 42.3 Å². The van der Waals surface area contributed by atoms with Gasteiger partial charge in [-0.15, -0.1) is 0 Å². The van der Waals surface area contributed by atoms with Crippen LogP contribution in [-0.2, 0) is 0 Å². The number of aryl methyl sites for hydroxylation is 1. The van der Waals surface area contributed by atoms with E-state index < -0.39 is 0 Å². The van der Waals surface area contributed by atoms with Crippen LogP contribution in [0, 0.1) is 6.92 Å². The zero-order valence-corrected chi connectivity index (χ0v) is 11.6. The van der Waals surface area contributed by atoms with E-state index in [9.17, 15) is 0 Å². The Bertz CT molecular complexity index is 705. The van der Waals surface area contributed by atoms with E-state index in [4.69, 9.17) is 0 Å². The van der Waals surface area contributed by atoms with Crippen LogP contribution in [0.25, 0.3) is 22.0 Å². The molecule has 1 nitrogen and oxygen atoms in total. The molecule has 1 heterocycles. The maximum atomic E-state index is 4.58. The van der Waals surface area contributed by atoms with E-state index >= 15 is 0 Å². The third-order valence-corrected chi connectivity index (χ3v) is 3.48. The standard InChI is InChI=1S/C16H12BrN/c1-11-9-14(12-5-3-2-4-6-12)15-10-13(17)7-8-16(15)18-11/h2-10H,1H3. The summed E-state index contributed by atoms with van der Waals surface area (Å²) < 4.78 is 1.08. The highest BCUT2D eigenvalue weighted by Gasteiger charge is 2.06. The first kappa shape index (κ1) is 11.4. The topological polar surface area (TPSA) is 12.9 Å². The van der Waals surface area contributed by atoms with E-state index in [-0.39, 0.29) is 0 Å². The number of nitrogens with zero attached hydrogens (tertiary/aromatic N) is 1. The Morgan fingerprint density at radius 1 is 0.944 bits per heavy atom. The Labute approximate surface area is 115 Å². The second-order valence-electron chi connectivity index (χ2n) is 4.34. The normalized spacial score (nSPS) is 10.8. The summed E-state index contributed by atoms with van der Waals surface area (Å²) in [5, 5.41) is 1.18. The summed E-state index contributed by atoms with van der Waals surface area (Å²) in [5.41, 5.74) is 4.55. The summed E-state index contributed by atoms with van der Waals surface area (Å²) in [7, 11) is 0. The Kier molecular flexibility index (Phi) is 2.88. The molecular weight excluding hydrogens is 286 g/mol. The lowest BCUT2D eigenvalue weighted by molar-refractivity contribution is 1.26. The maximum absolute atomic E-state index is 4.58. The van der Waals surface area contributed by atoms with Crippen LogP contribution in [0.2, 0.25) is 0 Å². The first-order valence-corrected chi connectivity index (χ1v) is 6.66. The van der Waals surface area contributed by atoms with Crippen LogP contribution in [-0.4, -0.2) is 4.98 Å².